The quantitative estimate of drug-likeness (QED) is 0.556. The van der Waals surface area contributed by atoms with Crippen LogP contribution in [0.15, 0.2) is 4.99 Å². The highest BCUT2D eigenvalue weighted by Crippen LogP contribution is 2.62. The van der Waals surface area contributed by atoms with Gasteiger partial charge in [-0.25, -0.2) is 8.42 Å². The van der Waals surface area contributed by atoms with Crippen LogP contribution in [-0.4, -0.2) is 57.7 Å². The molecule has 4 rings (SSSR count). The summed E-state index contributed by atoms with van der Waals surface area (Å²) in [5.41, 5.74) is 0.318. The number of nitrogens with one attached hydrogen (secondary N) is 2. The maximum absolute atomic E-state index is 11.7. The molecule has 2 heterocycles. The molecule has 2 aliphatic heterocycles. The highest BCUT2D eigenvalue weighted by Gasteiger charge is 2.66. The second-order valence-corrected chi connectivity index (χ2v) is 11.4. The van der Waals surface area contributed by atoms with Gasteiger partial charge in [-0.1, -0.05) is 20.3 Å². The van der Waals surface area contributed by atoms with E-state index in [0.29, 0.717) is 47.4 Å². The van der Waals surface area contributed by atoms with Crippen molar-refractivity contribution in [3.8, 4) is 0 Å². The molecule has 2 saturated carbocycles. The molecular formula is C19H33N3O3S. The van der Waals surface area contributed by atoms with E-state index in [1.165, 1.54) is 19.3 Å². The van der Waals surface area contributed by atoms with Crippen molar-refractivity contribution in [1.82, 2.24) is 10.6 Å². The number of nitrogens with zero attached hydrogens (tertiary/aromatic N) is 1. The van der Waals surface area contributed by atoms with Crippen LogP contribution in [0.3, 0.4) is 0 Å². The summed E-state index contributed by atoms with van der Waals surface area (Å²) in [5.74, 6) is 2.81. The summed E-state index contributed by atoms with van der Waals surface area (Å²) in [6, 6.07) is 0.453. The number of fused-ring (bicyclic) bond motifs is 2. The first kappa shape index (κ1) is 18.5. The second kappa shape index (κ2) is 6.97. The van der Waals surface area contributed by atoms with Gasteiger partial charge in [0.05, 0.1) is 17.6 Å². The lowest BCUT2D eigenvalue weighted by atomic mass is 9.46. The van der Waals surface area contributed by atoms with Gasteiger partial charge in [0, 0.05) is 37.1 Å². The van der Waals surface area contributed by atoms with E-state index in [-0.39, 0.29) is 5.92 Å². The van der Waals surface area contributed by atoms with E-state index in [4.69, 9.17) is 9.73 Å². The molecule has 0 aromatic heterocycles. The molecule has 0 aromatic rings. The summed E-state index contributed by atoms with van der Waals surface area (Å²) in [6.45, 7) is 6.70. The predicted molar refractivity (Wildman–Crippen MR) is 103 cm³/mol. The molecule has 2 aliphatic carbocycles. The SMILES string of the molecule is CC(C)CN=C(NCC1CCS(=O)(=O)C1)NC1C2CCOC2C12CCC2. The normalized spacial score (nSPS) is 37.3. The van der Waals surface area contributed by atoms with E-state index < -0.39 is 9.84 Å². The number of guanidine groups is 1. The largest absolute Gasteiger partial charge is 0.377 e. The Morgan fingerprint density at radius 1 is 1.31 bits per heavy atom. The van der Waals surface area contributed by atoms with E-state index in [2.05, 4.69) is 24.5 Å². The Hall–Kier alpha value is -0.820. The van der Waals surface area contributed by atoms with Crippen molar-refractivity contribution in [2.75, 3.05) is 31.2 Å². The maximum atomic E-state index is 11.7. The smallest absolute Gasteiger partial charge is 0.191 e. The van der Waals surface area contributed by atoms with Gasteiger partial charge in [-0.2, -0.15) is 0 Å². The first-order valence-electron chi connectivity index (χ1n) is 10.3. The molecule has 4 unspecified atom stereocenters. The minimum atomic E-state index is -2.83. The molecule has 4 fully saturated rings. The van der Waals surface area contributed by atoms with Crippen LogP contribution in [0.4, 0.5) is 0 Å². The summed E-state index contributed by atoms with van der Waals surface area (Å²) in [7, 11) is -2.83. The lowest BCUT2D eigenvalue weighted by molar-refractivity contribution is -0.171. The third-order valence-electron chi connectivity index (χ3n) is 6.83. The van der Waals surface area contributed by atoms with Crippen molar-refractivity contribution in [2.45, 2.75) is 58.1 Å². The van der Waals surface area contributed by atoms with Crippen molar-refractivity contribution in [3.63, 3.8) is 0 Å². The van der Waals surface area contributed by atoms with Gasteiger partial charge in [0.2, 0.25) is 0 Å². The van der Waals surface area contributed by atoms with Gasteiger partial charge in [-0.15, -0.1) is 0 Å². The molecule has 0 aromatic carbocycles. The fourth-order valence-electron chi connectivity index (χ4n) is 5.30. The topological polar surface area (TPSA) is 79.8 Å². The van der Waals surface area contributed by atoms with Crippen LogP contribution >= 0.6 is 0 Å². The molecule has 7 heteroatoms. The van der Waals surface area contributed by atoms with Crippen molar-refractivity contribution in [3.05, 3.63) is 0 Å². The molecule has 4 aliphatic rings. The summed E-state index contributed by atoms with van der Waals surface area (Å²) in [4.78, 5) is 4.78. The van der Waals surface area contributed by atoms with Crippen LogP contribution in [0.1, 0.15) is 46.0 Å². The fraction of sp³-hybridized carbons (Fsp3) is 0.947. The molecule has 2 saturated heterocycles. The second-order valence-electron chi connectivity index (χ2n) is 9.19. The van der Waals surface area contributed by atoms with Gasteiger partial charge >= 0.3 is 0 Å². The first-order chi connectivity index (χ1) is 12.4. The summed E-state index contributed by atoms with van der Waals surface area (Å²) < 4.78 is 29.4. The Bertz CT molecular complexity index is 657. The van der Waals surface area contributed by atoms with Gasteiger partial charge in [-0.05, 0) is 37.5 Å². The highest BCUT2D eigenvalue weighted by molar-refractivity contribution is 7.91. The van der Waals surface area contributed by atoms with Crippen LogP contribution in [0.2, 0.25) is 0 Å². The van der Waals surface area contributed by atoms with Gasteiger partial charge < -0.3 is 15.4 Å². The molecular weight excluding hydrogens is 350 g/mol. The minimum absolute atomic E-state index is 0.202. The Kier molecular flexibility index (Phi) is 4.97. The number of rotatable bonds is 5. The fourth-order valence-corrected chi connectivity index (χ4v) is 7.17. The number of hydrogen-bond donors (Lipinski definition) is 2. The number of sulfone groups is 1. The Labute approximate surface area is 157 Å². The van der Waals surface area contributed by atoms with Crippen LogP contribution in [0, 0.1) is 23.2 Å². The lowest BCUT2D eigenvalue weighted by Crippen LogP contribution is -2.72. The van der Waals surface area contributed by atoms with Gasteiger partial charge in [-0.3, -0.25) is 4.99 Å². The predicted octanol–water partition coefficient (Wildman–Crippen LogP) is 1.57. The third-order valence-corrected chi connectivity index (χ3v) is 8.66. The van der Waals surface area contributed by atoms with Gasteiger partial charge in [0.1, 0.15) is 0 Å². The van der Waals surface area contributed by atoms with Crippen LogP contribution < -0.4 is 10.6 Å². The zero-order valence-electron chi connectivity index (χ0n) is 16.0. The molecule has 6 nitrogen and oxygen atoms in total. The molecule has 0 amide bonds. The maximum Gasteiger partial charge on any atom is 0.191 e. The van der Waals surface area contributed by atoms with Crippen molar-refractivity contribution in [1.29, 1.82) is 0 Å². The number of hydrogen-bond acceptors (Lipinski definition) is 4. The average Bonchev–Trinajstić information content (AvgIpc) is 3.09. The summed E-state index contributed by atoms with van der Waals surface area (Å²) in [6.07, 6.45) is 6.16. The number of ether oxygens (including phenoxy) is 1. The zero-order valence-corrected chi connectivity index (χ0v) is 16.9. The third kappa shape index (κ3) is 3.37. The molecule has 26 heavy (non-hydrogen) atoms. The average molecular weight is 384 g/mol. The number of aliphatic imine (C=N–C) groups is 1. The van der Waals surface area contributed by atoms with Crippen LogP contribution in [-0.2, 0) is 14.6 Å². The van der Waals surface area contributed by atoms with E-state index in [1.54, 1.807) is 0 Å². The van der Waals surface area contributed by atoms with Crippen molar-refractivity contribution >= 4 is 15.8 Å². The standard InChI is InChI=1S/C19H33N3O3S/c1-13(2)10-20-18(21-11-14-5-9-26(23,24)12-14)22-16-15-4-8-25-17(15)19(16)6-3-7-19/h13-17H,3-12H2,1-2H3,(H2,20,21,22). The Balaban J connectivity index is 1.40. The monoisotopic (exact) mass is 383 g/mol. The molecule has 0 bridgehead atoms. The van der Waals surface area contributed by atoms with E-state index in [0.717, 1.165) is 32.0 Å². The van der Waals surface area contributed by atoms with Gasteiger partial charge in [0.15, 0.2) is 15.8 Å². The van der Waals surface area contributed by atoms with Crippen molar-refractivity contribution in [2.24, 2.45) is 28.2 Å². The highest BCUT2D eigenvalue weighted by atomic mass is 32.2. The molecule has 1 spiro atoms. The van der Waals surface area contributed by atoms with Gasteiger partial charge in [0.25, 0.3) is 0 Å². The van der Waals surface area contributed by atoms with E-state index in [9.17, 15) is 8.42 Å². The van der Waals surface area contributed by atoms with Crippen molar-refractivity contribution < 1.29 is 13.2 Å². The van der Waals surface area contributed by atoms with E-state index >= 15 is 0 Å². The molecule has 148 valence electrons. The summed E-state index contributed by atoms with van der Waals surface area (Å²) in [5, 5.41) is 7.18. The first-order valence-corrected chi connectivity index (χ1v) is 12.1. The van der Waals surface area contributed by atoms with E-state index in [1.807, 2.05) is 0 Å². The molecule has 2 N–H and O–H groups in total. The zero-order chi connectivity index (χ0) is 18.4. The van der Waals surface area contributed by atoms with Crippen LogP contribution in [0.25, 0.3) is 0 Å². The lowest BCUT2D eigenvalue weighted by Gasteiger charge is -2.63. The summed E-state index contributed by atoms with van der Waals surface area (Å²) >= 11 is 0. The Morgan fingerprint density at radius 2 is 2.12 bits per heavy atom. The Morgan fingerprint density at radius 3 is 2.73 bits per heavy atom. The molecule has 0 radical (unpaired) electrons. The minimum Gasteiger partial charge on any atom is -0.377 e. The molecule has 4 atom stereocenters. The van der Waals surface area contributed by atoms with Crippen LogP contribution in [0.5, 0.6) is 0 Å².